The van der Waals surface area contributed by atoms with Gasteiger partial charge < -0.3 is 5.32 Å². The van der Waals surface area contributed by atoms with E-state index in [9.17, 15) is 4.79 Å². The van der Waals surface area contributed by atoms with Crippen molar-refractivity contribution in [2.75, 3.05) is 5.32 Å². The summed E-state index contributed by atoms with van der Waals surface area (Å²) in [5.74, 6) is -0.160. The van der Waals surface area contributed by atoms with Gasteiger partial charge in [0.25, 0.3) is 5.91 Å². The van der Waals surface area contributed by atoms with Crippen molar-refractivity contribution in [1.29, 1.82) is 0 Å². The molecule has 0 radical (unpaired) electrons. The Kier molecular flexibility index (Phi) is 4.01. The topological polar surface area (TPSA) is 54.9 Å². The maximum atomic E-state index is 11.9. The fraction of sp³-hybridized carbons (Fsp3) is 0. The molecule has 18 heavy (non-hydrogen) atoms. The SMILES string of the molecule is O=C(Nc1cncc(Cl)n1)c1ccc(Cl)cc1Cl. The molecule has 7 heteroatoms. The van der Waals surface area contributed by atoms with Crippen LogP contribution in [0.3, 0.4) is 0 Å². The van der Waals surface area contributed by atoms with Crippen LogP contribution in [0.5, 0.6) is 0 Å². The third-order valence-corrected chi connectivity index (χ3v) is 2.75. The quantitative estimate of drug-likeness (QED) is 0.920. The van der Waals surface area contributed by atoms with Crippen LogP contribution in [-0.4, -0.2) is 15.9 Å². The van der Waals surface area contributed by atoms with E-state index in [4.69, 9.17) is 34.8 Å². The lowest BCUT2D eigenvalue weighted by atomic mass is 10.2. The first-order valence-electron chi connectivity index (χ1n) is 4.80. The summed E-state index contributed by atoms with van der Waals surface area (Å²) in [6.45, 7) is 0. The van der Waals surface area contributed by atoms with Crippen LogP contribution in [0.4, 0.5) is 5.82 Å². The summed E-state index contributed by atoms with van der Waals surface area (Å²) in [7, 11) is 0. The van der Waals surface area contributed by atoms with E-state index in [0.717, 1.165) is 0 Å². The molecule has 1 aromatic carbocycles. The van der Waals surface area contributed by atoms with Crippen LogP contribution in [0.2, 0.25) is 15.2 Å². The van der Waals surface area contributed by atoms with E-state index in [1.54, 1.807) is 6.07 Å². The molecule has 1 amide bonds. The van der Waals surface area contributed by atoms with E-state index < -0.39 is 5.91 Å². The van der Waals surface area contributed by atoms with Gasteiger partial charge in [0.1, 0.15) is 5.15 Å². The summed E-state index contributed by atoms with van der Waals surface area (Å²) in [6.07, 6.45) is 2.75. The molecule has 1 heterocycles. The maximum Gasteiger partial charge on any atom is 0.258 e. The van der Waals surface area contributed by atoms with Gasteiger partial charge in [0.2, 0.25) is 0 Å². The van der Waals surface area contributed by atoms with Gasteiger partial charge >= 0.3 is 0 Å². The minimum Gasteiger partial charge on any atom is -0.305 e. The van der Waals surface area contributed by atoms with Gasteiger partial charge in [-0.05, 0) is 18.2 Å². The number of carbonyl (C=O) groups is 1. The Labute approximate surface area is 118 Å². The lowest BCUT2D eigenvalue weighted by Gasteiger charge is -2.06. The van der Waals surface area contributed by atoms with Gasteiger partial charge in [-0.1, -0.05) is 34.8 Å². The average molecular weight is 303 g/mol. The van der Waals surface area contributed by atoms with Crippen molar-refractivity contribution in [3.05, 3.63) is 51.4 Å². The number of anilines is 1. The molecule has 0 fully saturated rings. The Morgan fingerprint density at radius 1 is 1.17 bits per heavy atom. The zero-order valence-corrected chi connectivity index (χ0v) is 11.1. The molecule has 2 rings (SSSR count). The number of carbonyl (C=O) groups excluding carboxylic acids is 1. The predicted octanol–water partition coefficient (Wildman–Crippen LogP) is 3.69. The zero-order valence-electron chi connectivity index (χ0n) is 8.82. The van der Waals surface area contributed by atoms with Gasteiger partial charge in [-0.3, -0.25) is 9.78 Å². The van der Waals surface area contributed by atoms with E-state index in [-0.39, 0.29) is 16.0 Å². The molecule has 0 aliphatic rings. The molecule has 4 nitrogen and oxygen atoms in total. The van der Waals surface area contributed by atoms with Crippen LogP contribution in [0, 0.1) is 0 Å². The molecule has 1 N–H and O–H groups in total. The van der Waals surface area contributed by atoms with Gasteiger partial charge in [0, 0.05) is 5.02 Å². The molecule has 0 aliphatic carbocycles. The van der Waals surface area contributed by atoms with Crippen molar-refractivity contribution >= 4 is 46.5 Å². The van der Waals surface area contributed by atoms with Crippen LogP contribution >= 0.6 is 34.8 Å². The van der Waals surface area contributed by atoms with Gasteiger partial charge in [0.15, 0.2) is 5.82 Å². The normalized spacial score (nSPS) is 10.2. The molecule has 0 saturated carbocycles. The summed E-state index contributed by atoms with van der Waals surface area (Å²) in [5.41, 5.74) is 0.294. The first-order valence-corrected chi connectivity index (χ1v) is 5.93. The number of rotatable bonds is 2. The molecule has 2 aromatic rings. The number of benzene rings is 1. The number of aromatic nitrogens is 2. The fourth-order valence-corrected chi connectivity index (χ4v) is 1.90. The molecule has 0 aliphatic heterocycles. The second kappa shape index (κ2) is 5.52. The van der Waals surface area contributed by atoms with Gasteiger partial charge in [-0.15, -0.1) is 0 Å². The molecule has 0 spiro atoms. The summed E-state index contributed by atoms with van der Waals surface area (Å²) in [4.78, 5) is 19.6. The summed E-state index contributed by atoms with van der Waals surface area (Å²) >= 11 is 17.3. The first-order chi connectivity index (χ1) is 8.56. The van der Waals surface area contributed by atoms with Crippen molar-refractivity contribution in [3.63, 3.8) is 0 Å². The Morgan fingerprint density at radius 2 is 1.94 bits per heavy atom. The van der Waals surface area contributed by atoms with Crippen molar-refractivity contribution < 1.29 is 4.79 Å². The Morgan fingerprint density at radius 3 is 2.61 bits per heavy atom. The number of nitrogens with one attached hydrogen (secondary N) is 1. The molecule has 0 unspecified atom stereocenters. The van der Waals surface area contributed by atoms with Crippen LogP contribution in [0.15, 0.2) is 30.6 Å². The van der Waals surface area contributed by atoms with E-state index in [1.165, 1.54) is 24.5 Å². The maximum absolute atomic E-state index is 11.9. The highest BCUT2D eigenvalue weighted by molar-refractivity contribution is 6.37. The minimum atomic E-state index is -0.409. The highest BCUT2D eigenvalue weighted by Gasteiger charge is 2.11. The monoisotopic (exact) mass is 301 g/mol. The minimum absolute atomic E-state index is 0.190. The third-order valence-electron chi connectivity index (χ3n) is 2.02. The molecule has 0 saturated heterocycles. The highest BCUT2D eigenvalue weighted by Crippen LogP contribution is 2.21. The molecule has 1 aromatic heterocycles. The second-order valence-electron chi connectivity index (χ2n) is 3.31. The summed E-state index contributed by atoms with van der Waals surface area (Å²) < 4.78 is 0. The Balaban J connectivity index is 2.22. The molecular weight excluding hydrogens is 296 g/mol. The van der Waals surface area contributed by atoms with Crippen molar-refractivity contribution in [2.45, 2.75) is 0 Å². The van der Waals surface area contributed by atoms with Gasteiger partial charge in [-0.2, -0.15) is 0 Å². The van der Waals surface area contributed by atoms with E-state index in [2.05, 4.69) is 15.3 Å². The number of hydrogen-bond donors (Lipinski definition) is 1. The number of nitrogens with zero attached hydrogens (tertiary/aromatic N) is 2. The highest BCUT2D eigenvalue weighted by atomic mass is 35.5. The van der Waals surface area contributed by atoms with Gasteiger partial charge in [0.05, 0.1) is 23.0 Å². The van der Waals surface area contributed by atoms with Crippen LogP contribution < -0.4 is 5.32 Å². The first kappa shape index (κ1) is 13.1. The molecular formula is C11H6Cl3N3O. The van der Waals surface area contributed by atoms with Crippen LogP contribution in [0.1, 0.15) is 10.4 Å². The second-order valence-corrected chi connectivity index (χ2v) is 4.54. The van der Waals surface area contributed by atoms with Crippen molar-refractivity contribution in [2.24, 2.45) is 0 Å². The summed E-state index contributed by atoms with van der Waals surface area (Å²) in [5, 5.41) is 3.44. The zero-order chi connectivity index (χ0) is 13.1. The third kappa shape index (κ3) is 3.10. The summed E-state index contributed by atoms with van der Waals surface area (Å²) in [6, 6.07) is 4.59. The largest absolute Gasteiger partial charge is 0.305 e. The Hall–Kier alpha value is -1.36. The van der Waals surface area contributed by atoms with Crippen LogP contribution in [0.25, 0.3) is 0 Å². The number of halogens is 3. The Bertz CT molecular complexity index is 604. The standard InChI is InChI=1S/C11H6Cl3N3O/c12-6-1-2-7(8(13)3-6)11(18)17-10-5-15-4-9(14)16-10/h1-5H,(H,16,17,18). The fourth-order valence-electron chi connectivity index (χ4n) is 1.26. The number of amides is 1. The predicted molar refractivity (Wildman–Crippen MR) is 71.5 cm³/mol. The van der Waals surface area contributed by atoms with E-state index in [0.29, 0.717) is 10.6 Å². The lowest BCUT2D eigenvalue weighted by molar-refractivity contribution is 0.102. The smallest absolute Gasteiger partial charge is 0.258 e. The van der Waals surface area contributed by atoms with Gasteiger partial charge in [-0.25, -0.2) is 4.98 Å². The van der Waals surface area contributed by atoms with Crippen molar-refractivity contribution in [3.8, 4) is 0 Å². The number of hydrogen-bond acceptors (Lipinski definition) is 3. The molecule has 0 bridgehead atoms. The van der Waals surface area contributed by atoms with E-state index in [1.807, 2.05) is 0 Å². The molecule has 0 atom stereocenters. The van der Waals surface area contributed by atoms with Crippen LogP contribution in [-0.2, 0) is 0 Å². The van der Waals surface area contributed by atoms with E-state index >= 15 is 0 Å². The lowest BCUT2D eigenvalue weighted by Crippen LogP contribution is -2.13. The molecule has 92 valence electrons. The average Bonchev–Trinajstić information content (AvgIpc) is 2.28. The van der Waals surface area contributed by atoms with Crippen molar-refractivity contribution in [1.82, 2.24) is 9.97 Å².